The van der Waals surface area contributed by atoms with Crippen LogP contribution in [0.2, 0.25) is 0 Å². The van der Waals surface area contributed by atoms with E-state index >= 15 is 0 Å². The Kier molecular flexibility index (Phi) is 11.6. The molecule has 0 aliphatic carbocycles. The SMILES string of the molecule is CCCCOC(=O)N1CCN(C(=O)[C@H](CP(=O)(O)O)NC(=O)c2cc(CCCC)nc(-c3ccccc3)n2)CC1. The third-order valence-corrected chi connectivity index (χ3v) is 7.27. The number of rotatable bonds is 12. The van der Waals surface area contributed by atoms with E-state index in [1.54, 1.807) is 6.07 Å². The van der Waals surface area contributed by atoms with Crippen LogP contribution in [0.15, 0.2) is 36.4 Å². The van der Waals surface area contributed by atoms with Crippen molar-refractivity contribution in [2.45, 2.75) is 52.0 Å². The normalized spacial score (nSPS) is 14.5. The molecule has 3 N–H and O–H groups in total. The molecule has 1 atom stereocenters. The molecule has 12 nitrogen and oxygen atoms in total. The minimum Gasteiger partial charge on any atom is -0.449 e. The lowest BCUT2D eigenvalue weighted by Gasteiger charge is -2.36. The van der Waals surface area contributed by atoms with E-state index in [-0.39, 0.29) is 31.9 Å². The fourth-order valence-electron chi connectivity index (χ4n) is 4.20. The lowest BCUT2D eigenvalue weighted by atomic mass is 10.1. The van der Waals surface area contributed by atoms with Crippen molar-refractivity contribution >= 4 is 25.5 Å². The minimum atomic E-state index is -4.68. The first-order chi connectivity index (χ1) is 19.1. The van der Waals surface area contributed by atoms with Gasteiger partial charge < -0.3 is 29.6 Å². The van der Waals surface area contributed by atoms with Gasteiger partial charge in [0.2, 0.25) is 5.91 Å². The standard InChI is InChI=1S/C27H38N5O7P/c1-3-5-12-21-18-22(29-24(28-21)20-10-8-7-9-11-20)25(33)30-23(19-40(36,37)38)26(34)31-13-15-32(16-14-31)27(35)39-17-6-4-2/h7-11,18,23H,3-6,12-17,19H2,1-2H3,(H,30,33)(H2,36,37,38)/t23-/m0/s1. The maximum absolute atomic E-state index is 13.3. The Morgan fingerprint density at radius 2 is 1.65 bits per heavy atom. The smallest absolute Gasteiger partial charge is 0.409 e. The molecule has 0 unspecified atom stereocenters. The molecule has 2 aromatic rings. The fourth-order valence-corrected chi connectivity index (χ4v) is 4.92. The van der Waals surface area contributed by atoms with Crippen LogP contribution >= 0.6 is 7.60 Å². The van der Waals surface area contributed by atoms with E-state index in [0.29, 0.717) is 30.1 Å². The van der Waals surface area contributed by atoms with Gasteiger partial charge in [0.1, 0.15) is 11.7 Å². The molecule has 1 aromatic carbocycles. The van der Waals surface area contributed by atoms with Gasteiger partial charge in [-0.3, -0.25) is 14.2 Å². The molecule has 0 spiro atoms. The zero-order valence-corrected chi connectivity index (χ0v) is 23.9. The zero-order valence-electron chi connectivity index (χ0n) is 23.0. The van der Waals surface area contributed by atoms with E-state index in [9.17, 15) is 28.7 Å². The maximum atomic E-state index is 13.3. The van der Waals surface area contributed by atoms with E-state index in [0.717, 1.165) is 25.7 Å². The number of piperazine rings is 1. The molecule has 218 valence electrons. The summed E-state index contributed by atoms with van der Waals surface area (Å²) in [6.07, 6.45) is 2.72. The summed E-state index contributed by atoms with van der Waals surface area (Å²) in [5.41, 5.74) is 1.37. The summed E-state index contributed by atoms with van der Waals surface area (Å²) in [6, 6.07) is 9.21. The first-order valence-corrected chi connectivity index (χ1v) is 15.4. The van der Waals surface area contributed by atoms with E-state index in [2.05, 4.69) is 15.3 Å². The van der Waals surface area contributed by atoms with Gasteiger partial charge in [-0.2, -0.15) is 0 Å². The summed E-state index contributed by atoms with van der Waals surface area (Å²) in [4.78, 5) is 70.0. The molecule has 2 heterocycles. The molecule has 0 bridgehead atoms. The van der Waals surface area contributed by atoms with Crippen LogP contribution in [-0.2, 0) is 20.5 Å². The second-order valence-corrected chi connectivity index (χ2v) is 11.4. The molecule has 1 aromatic heterocycles. The van der Waals surface area contributed by atoms with Crippen LogP contribution in [0.25, 0.3) is 11.4 Å². The van der Waals surface area contributed by atoms with Gasteiger partial charge in [0.15, 0.2) is 5.82 Å². The predicted molar refractivity (Wildman–Crippen MR) is 149 cm³/mol. The molecule has 3 amide bonds. The summed E-state index contributed by atoms with van der Waals surface area (Å²) in [5, 5.41) is 2.50. The Morgan fingerprint density at radius 1 is 1.00 bits per heavy atom. The summed E-state index contributed by atoms with van der Waals surface area (Å²) in [7, 11) is -4.68. The third-order valence-electron chi connectivity index (χ3n) is 6.43. The summed E-state index contributed by atoms with van der Waals surface area (Å²) >= 11 is 0. The molecule has 1 aliphatic rings. The number of benzene rings is 1. The van der Waals surface area contributed by atoms with Crippen molar-refractivity contribution in [3.8, 4) is 11.4 Å². The molecule has 0 saturated carbocycles. The van der Waals surface area contributed by atoms with Gasteiger partial charge in [0.05, 0.1) is 12.8 Å². The highest BCUT2D eigenvalue weighted by atomic mass is 31.2. The zero-order chi connectivity index (χ0) is 29.1. The van der Waals surface area contributed by atoms with Gasteiger partial charge in [-0.1, -0.05) is 57.0 Å². The fraction of sp³-hybridized carbons (Fsp3) is 0.519. The quantitative estimate of drug-likeness (QED) is 0.255. The van der Waals surface area contributed by atoms with Crippen LogP contribution in [0.5, 0.6) is 0 Å². The molecular weight excluding hydrogens is 537 g/mol. The molecule has 0 radical (unpaired) electrons. The first-order valence-electron chi connectivity index (χ1n) is 13.6. The van der Waals surface area contributed by atoms with Gasteiger partial charge in [0, 0.05) is 37.4 Å². The number of aryl methyl sites for hydroxylation is 1. The number of hydrogen-bond donors (Lipinski definition) is 3. The Balaban J connectivity index is 1.76. The van der Waals surface area contributed by atoms with Crippen molar-refractivity contribution in [1.29, 1.82) is 0 Å². The van der Waals surface area contributed by atoms with Gasteiger partial charge in [-0.15, -0.1) is 0 Å². The minimum absolute atomic E-state index is 0.00288. The van der Waals surface area contributed by atoms with Crippen LogP contribution in [0.3, 0.4) is 0 Å². The highest BCUT2D eigenvalue weighted by Gasteiger charge is 2.35. The number of unbranched alkanes of at least 4 members (excludes halogenated alkanes) is 2. The van der Waals surface area contributed by atoms with Crippen molar-refractivity contribution < 1.29 is 33.5 Å². The van der Waals surface area contributed by atoms with E-state index in [4.69, 9.17) is 4.74 Å². The van der Waals surface area contributed by atoms with Gasteiger partial charge in [-0.05, 0) is 25.3 Å². The molecule has 40 heavy (non-hydrogen) atoms. The summed E-state index contributed by atoms with van der Waals surface area (Å²) in [6.45, 7) is 5.05. The Morgan fingerprint density at radius 3 is 2.27 bits per heavy atom. The second-order valence-electron chi connectivity index (χ2n) is 9.69. The average molecular weight is 576 g/mol. The van der Waals surface area contributed by atoms with Crippen LogP contribution in [0.4, 0.5) is 4.79 Å². The number of nitrogens with zero attached hydrogens (tertiary/aromatic N) is 4. The number of amides is 3. The predicted octanol–water partition coefficient (Wildman–Crippen LogP) is 2.84. The highest BCUT2D eigenvalue weighted by Crippen LogP contribution is 2.35. The maximum Gasteiger partial charge on any atom is 0.409 e. The monoisotopic (exact) mass is 575 g/mol. The van der Waals surface area contributed by atoms with Crippen LogP contribution in [0, 0.1) is 0 Å². The van der Waals surface area contributed by atoms with E-state index in [1.165, 1.54) is 9.80 Å². The molecule has 13 heteroatoms. The number of carbonyl (C=O) groups excluding carboxylic acids is 3. The topological polar surface area (TPSA) is 162 Å². The van der Waals surface area contributed by atoms with Crippen molar-refractivity contribution in [2.24, 2.45) is 0 Å². The first kappa shape index (κ1) is 31.2. The Bertz CT molecular complexity index is 1200. The average Bonchev–Trinajstić information content (AvgIpc) is 2.95. The number of aromatic nitrogens is 2. The van der Waals surface area contributed by atoms with Gasteiger partial charge in [-0.25, -0.2) is 14.8 Å². The molecule has 1 aliphatic heterocycles. The van der Waals surface area contributed by atoms with Crippen molar-refractivity contribution in [3.05, 3.63) is 47.8 Å². The van der Waals surface area contributed by atoms with Crippen molar-refractivity contribution in [1.82, 2.24) is 25.1 Å². The van der Waals surface area contributed by atoms with E-state index < -0.39 is 37.7 Å². The highest BCUT2D eigenvalue weighted by molar-refractivity contribution is 7.51. The Hall–Kier alpha value is -3.34. The summed E-state index contributed by atoms with van der Waals surface area (Å²) in [5.74, 6) is -1.03. The summed E-state index contributed by atoms with van der Waals surface area (Å²) < 4.78 is 17.1. The molecule has 1 saturated heterocycles. The van der Waals surface area contributed by atoms with Crippen molar-refractivity contribution in [2.75, 3.05) is 38.9 Å². The van der Waals surface area contributed by atoms with Crippen LogP contribution < -0.4 is 5.32 Å². The largest absolute Gasteiger partial charge is 0.449 e. The number of hydrogen-bond acceptors (Lipinski definition) is 7. The lowest BCUT2D eigenvalue weighted by molar-refractivity contribution is -0.134. The van der Waals surface area contributed by atoms with Crippen LogP contribution in [-0.4, -0.2) is 92.5 Å². The molecular formula is C27H38N5O7P. The molecule has 3 rings (SSSR count). The van der Waals surface area contributed by atoms with E-state index in [1.807, 2.05) is 44.2 Å². The lowest BCUT2D eigenvalue weighted by Crippen LogP contribution is -2.56. The third kappa shape index (κ3) is 9.39. The van der Waals surface area contributed by atoms with Gasteiger partial charge in [0.25, 0.3) is 5.91 Å². The van der Waals surface area contributed by atoms with Gasteiger partial charge >= 0.3 is 13.7 Å². The Labute approximate surface area is 234 Å². The van der Waals surface area contributed by atoms with Crippen molar-refractivity contribution in [3.63, 3.8) is 0 Å². The number of nitrogens with one attached hydrogen (secondary N) is 1. The second kappa shape index (κ2) is 14.9. The van der Waals surface area contributed by atoms with Crippen LogP contribution in [0.1, 0.15) is 55.7 Å². The molecule has 1 fully saturated rings. The number of ether oxygens (including phenoxy) is 1. The number of carbonyl (C=O) groups is 3.